The number of hydrogen-bond acceptors (Lipinski definition) is 6. The first-order valence-electron chi connectivity index (χ1n) is 7.85. The lowest BCUT2D eigenvalue weighted by molar-refractivity contribution is 0.0920. The van der Waals surface area contributed by atoms with Gasteiger partial charge >= 0.3 is 11.8 Å². The van der Waals surface area contributed by atoms with Crippen LogP contribution in [0.5, 0.6) is 11.5 Å². The second-order valence-electron chi connectivity index (χ2n) is 5.47. The van der Waals surface area contributed by atoms with Crippen molar-refractivity contribution >= 4 is 5.91 Å². The van der Waals surface area contributed by atoms with Crippen LogP contribution in [0.25, 0.3) is 11.5 Å². The Bertz CT molecular complexity index is 892. The van der Waals surface area contributed by atoms with Gasteiger partial charge in [-0.05, 0) is 30.2 Å². The van der Waals surface area contributed by atoms with Gasteiger partial charge in [-0.3, -0.25) is 4.79 Å². The Balaban J connectivity index is 1.39. The molecule has 1 amide bonds. The first-order valence-corrected chi connectivity index (χ1v) is 7.85. The molecule has 0 aliphatic carbocycles. The molecule has 1 aromatic heterocycles. The minimum atomic E-state index is -0.393. The van der Waals surface area contributed by atoms with Crippen LogP contribution in [0.4, 0.5) is 0 Å². The molecular formula is C18H15N3O4. The molecule has 4 rings (SSSR count). The lowest BCUT2D eigenvalue weighted by atomic mass is 10.1. The first kappa shape index (κ1) is 15.2. The van der Waals surface area contributed by atoms with Crippen LogP contribution < -0.4 is 14.8 Å². The van der Waals surface area contributed by atoms with Crippen molar-refractivity contribution in [2.75, 3.05) is 13.3 Å². The average Bonchev–Trinajstić information content (AvgIpc) is 3.31. The summed E-state index contributed by atoms with van der Waals surface area (Å²) in [7, 11) is 0. The standard InChI is InChI=1S/C18H15N3O4/c22-16(19-9-8-12-4-2-1-3-5-12)18-21-20-17(25-18)13-6-7-14-15(10-13)24-11-23-14/h1-7,10H,8-9,11H2,(H,19,22). The van der Waals surface area contributed by atoms with Crippen LogP contribution in [0.2, 0.25) is 0 Å². The third-order valence-corrected chi connectivity index (χ3v) is 3.78. The summed E-state index contributed by atoms with van der Waals surface area (Å²) in [5.74, 6) is 1.08. The maximum Gasteiger partial charge on any atom is 0.308 e. The van der Waals surface area contributed by atoms with Crippen molar-refractivity contribution in [1.29, 1.82) is 0 Å². The summed E-state index contributed by atoms with van der Waals surface area (Å²) in [5.41, 5.74) is 1.81. The highest BCUT2D eigenvalue weighted by atomic mass is 16.7. The Labute approximate surface area is 143 Å². The van der Waals surface area contributed by atoms with E-state index in [0.29, 0.717) is 23.6 Å². The maximum absolute atomic E-state index is 12.1. The molecule has 0 atom stereocenters. The van der Waals surface area contributed by atoms with Crippen LogP contribution >= 0.6 is 0 Å². The first-order chi connectivity index (χ1) is 12.3. The Morgan fingerprint density at radius 3 is 2.76 bits per heavy atom. The molecule has 0 spiro atoms. The molecule has 0 unspecified atom stereocenters. The van der Waals surface area contributed by atoms with Gasteiger partial charge in [0.25, 0.3) is 0 Å². The van der Waals surface area contributed by atoms with Crippen LogP contribution in [0.3, 0.4) is 0 Å². The van der Waals surface area contributed by atoms with E-state index in [1.165, 1.54) is 0 Å². The summed E-state index contributed by atoms with van der Waals surface area (Å²) in [5, 5.41) is 10.5. The van der Waals surface area contributed by atoms with Crippen LogP contribution in [-0.2, 0) is 6.42 Å². The fourth-order valence-electron chi connectivity index (χ4n) is 2.50. The third-order valence-electron chi connectivity index (χ3n) is 3.78. The monoisotopic (exact) mass is 337 g/mol. The lowest BCUT2D eigenvalue weighted by Gasteiger charge is -2.02. The van der Waals surface area contributed by atoms with Crippen molar-refractivity contribution in [2.45, 2.75) is 6.42 Å². The van der Waals surface area contributed by atoms with Crippen LogP contribution in [-0.4, -0.2) is 29.4 Å². The van der Waals surface area contributed by atoms with Gasteiger partial charge in [0.2, 0.25) is 12.7 Å². The van der Waals surface area contributed by atoms with Crippen LogP contribution in [0.15, 0.2) is 52.9 Å². The molecule has 0 saturated carbocycles. The Kier molecular flexibility index (Phi) is 4.04. The molecule has 2 aromatic carbocycles. The zero-order chi connectivity index (χ0) is 17.1. The minimum absolute atomic E-state index is 0.0688. The quantitative estimate of drug-likeness (QED) is 0.769. The normalized spacial score (nSPS) is 12.2. The van der Waals surface area contributed by atoms with Gasteiger partial charge in [-0.1, -0.05) is 30.3 Å². The summed E-state index contributed by atoms with van der Waals surface area (Å²) in [4.78, 5) is 12.1. The van der Waals surface area contributed by atoms with E-state index in [0.717, 1.165) is 12.0 Å². The van der Waals surface area contributed by atoms with Crippen molar-refractivity contribution in [3.8, 4) is 23.0 Å². The molecule has 0 radical (unpaired) electrons. The SMILES string of the molecule is O=C(NCCc1ccccc1)c1nnc(-c2ccc3c(c2)OCO3)o1. The number of nitrogens with zero attached hydrogens (tertiary/aromatic N) is 2. The molecule has 7 nitrogen and oxygen atoms in total. The summed E-state index contributed by atoms with van der Waals surface area (Å²) >= 11 is 0. The van der Waals surface area contributed by atoms with Crippen LogP contribution in [0.1, 0.15) is 16.2 Å². The fraction of sp³-hybridized carbons (Fsp3) is 0.167. The molecule has 0 bridgehead atoms. The third kappa shape index (κ3) is 3.30. The fourth-order valence-corrected chi connectivity index (χ4v) is 2.50. The van der Waals surface area contributed by atoms with Crippen molar-refractivity contribution < 1.29 is 18.7 Å². The minimum Gasteiger partial charge on any atom is -0.454 e. The van der Waals surface area contributed by atoms with Crippen molar-refractivity contribution in [2.24, 2.45) is 0 Å². The molecule has 1 aliphatic rings. The highest BCUT2D eigenvalue weighted by Gasteiger charge is 2.19. The number of carbonyl (C=O) groups excluding carboxylic acids is 1. The molecule has 0 saturated heterocycles. The van der Waals surface area contributed by atoms with E-state index in [2.05, 4.69) is 15.5 Å². The number of nitrogens with one attached hydrogen (secondary N) is 1. The van der Waals surface area contributed by atoms with Crippen LogP contribution in [0, 0.1) is 0 Å². The molecule has 126 valence electrons. The smallest absolute Gasteiger partial charge is 0.308 e. The average molecular weight is 337 g/mol. The van der Waals surface area contributed by atoms with Crippen molar-refractivity contribution in [3.63, 3.8) is 0 Å². The molecule has 1 aliphatic heterocycles. The van der Waals surface area contributed by atoms with Gasteiger partial charge in [0.05, 0.1) is 0 Å². The molecular weight excluding hydrogens is 322 g/mol. The van der Waals surface area contributed by atoms with Gasteiger partial charge in [0.1, 0.15) is 0 Å². The Hall–Kier alpha value is -3.35. The molecule has 7 heteroatoms. The topological polar surface area (TPSA) is 86.5 Å². The van der Waals surface area contributed by atoms with E-state index in [4.69, 9.17) is 13.9 Å². The number of carbonyl (C=O) groups is 1. The Morgan fingerprint density at radius 1 is 1.04 bits per heavy atom. The number of hydrogen-bond donors (Lipinski definition) is 1. The second kappa shape index (κ2) is 6.64. The summed E-state index contributed by atoms with van der Waals surface area (Å²) in [6.07, 6.45) is 0.732. The van der Waals surface area contributed by atoms with Gasteiger partial charge in [0.15, 0.2) is 11.5 Å². The van der Waals surface area contributed by atoms with Crippen molar-refractivity contribution in [1.82, 2.24) is 15.5 Å². The summed E-state index contributed by atoms with van der Waals surface area (Å²) in [6.45, 7) is 0.683. The van der Waals surface area contributed by atoms with Gasteiger partial charge in [-0.15, -0.1) is 10.2 Å². The molecule has 1 N–H and O–H groups in total. The number of rotatable bonds is 5. The van der Waals surface area contributed by atoms with E-state index in [1.54, 1.807) is 18.2 Å². The van der Waals surface area contributed by atoms with Gasteiger partial charge in [-0.25, -0.2) is 0 Å². The number of benzene rings is 2. The van der Waals surface area contributed by atoms with E-state index >= 15 is 0 Å². The van der Waals surface area contributed by atoms with E-state index in [1.807, 2.05) is 30.3 Å². The lowest BCUT2D eigenvalue weighted by Crippen LogP contribution is -2.25. The Morgan fingerprint density at radius 2 is 1.88 bits per heavy atom. The maximum atomic E-state index is 12.1. The predicted molar refractivity (Wildman–Crippen MR) is 88.3 cm³/mol. The van der Waals surface area contributed by atoms with E-state index in [9.17, 15) is 4.79 Å². The summed E-state index contributed by atoms with van der Waals surface area (Å²) in [6, 6.07) is 15.2. The van der Waals surface area contributed by atoms with E-state index in [-0.39, 0.29) is 18.6 Å². The number of amides is 1. The van der Waals surface area contributed by atoms with Gasteiger partial charge in [0, 0.05) is 12.1 Å². The van der Waals surface area contributed by atoms with Gasteiger partial charge < -0.3 is 19.2 Å². The van der Waals surface area contributed by atoms with Gasteiger partial charge in [-0.2, -0.15) is 0 Å². The molecule has 25 heavy (non-hydrogen) atoms. The molecule has 3 aromatic rings. The second-order valence-corrected chi connectivity index (χ2v) is 5.47. The summed E-state index contributed by atoms with van der Waals surface area (Å²) < 4.78 is 16.0. The highest BCUT2D eigenvalue weighted by molar-refractivity contribution is 5.89. The highest BCUT2D eigenvalue weighted by Crippen LogP contribution is 2.35. The number of aromatic nitrogens is 2. The predicted octanol–water partition coefficient (Wildman–Crippen LogP) is 2.44. The zero-order valence-corrected chi connectivity index (χ0v) is 13.3. The number of ether oxygens (including phenoxy) is 2. The molecule has 0 fully saturated rings. The zero-order valence-electron chi connectivity index (χ0n) is 13.3. The van der Waals surface area contributed by atoms with E-state index < -0.39 is 5.91 Å². The largest absolute Gasteiger partial charge is 0.454 e. The van der Waals surface area contributed by atoms with Crippen molar-refractivity contribution in [3.05, 3.63) is 60.0 Å². The molecule has 2 heterocycles. The number of fused-ring (bicyclic) bond motifs is 1.